The molecule has 0 aromatic carbocycles. The summed E-state index contributed by atoms with van der Waals surface area (Å²) in [7, 11) is 0. The fourth-order valence-corrected chi connectivity index (χ4v) is 0.236. The second-order valence-electron chi connectivity index (χ2n) is 3.36. The molecule has 0 aromatic heterocycles. The van der Waals surface area contributed by atoms with Crippen molar-refractivity contribution in [3.05, 3.63) is 0 Å². The average Bonchev–Trinajstić information content (AvgIpc) is 2.16. The Kier molecular flexibility index (Phi) is 21.9. The van der Waals surface area contributed by atoms with Crippen molar-refractivity contribution in [1.29, 1.82) is 0 Å². The summed E-state index contributed by atoms with van der Waals surface area (Å²) in [5, 5.41) is 19.7. The molecule has 0 bridgehead atoms. The topological polar surface area (TPSA) is 46.1 Å². The molecule has 2 atom stereocenters. The van der Waals surface area contributed by atoms with Gasteiger partial charge in [0.2, 0.25) is 0 Å². The minimum atomic E-state index is 0. The summed E-state index contributed by atoms with van der Waals surface area (Å²) >= 11 is 0. The molecule has 0 aliphatic carbocycles. The summed E-state index contributed by atoms with van der Waals surface area (Å²) in [4.78, 5) is 0. The summed E-state index contributed by atoms with van der Waals surface area (Å²) < 4.78 is 0. The van der Waals surface area contributed by atoms with Crippen molar-refractivity contribution in [2.24, 2.45) is 11.8 Å². The zero-order valence-corrected chi connectivity index (χ0v) is 10.0. The fourth-order valence-electron chi connectivity index (χ4n) is 0.236. The predicted octanol–water partition coefficient (Wildman–Crippen LogP) is 0.783. The van der Waals surface area contributed by atoms with Gasteiger partial charge in [-0.1, -0.05) is 52.4 Å². The summed E-state index contributed by atoms with van der Waals surface area (Å²) in [5.41, 5.74) is 0. The molecule has 0 aromatic rings. The van der Waals surface area contributed by atoms with Crippen molar-refractivity contribution in [1.82, 2.24) is 0 Å². The van der Waals surface area contributed by atoms with Gasteiger partial charge < -0.3 is 10.2 Å². The van der Waals surface area contributed by atoms with Crippen LogP contribution in [0.3, 0.4) is 0 Å². The van der Waals surface area contributed by atoms with E-state index in [4.69, 9.17) is 0 Å². The van der Waals surface area contributed by atoms with Crippen LogP contribution >= 0.6 is 0 Å². The van der Waals surface area contributed by atoms with Gasteiger partial charge in [0.15, 0.2) is 0 Å². The van der Waals surface area contributed by atoms with Crippen molar-refractivity contribution in [2.75, 3.05) is 13.2 Å². The molecule has 0 fully saturated rings. The second kappa shape index (κ2) is 14.9. The Morgan fingerprint density at radius 3 is 1.08 bits per heavy atom. The van der Waals surface area contributed by atoms with E-state index in [1.165, 1.54) is 0 Å². The van der Waals surface area contributed by atoms with E-state index in [1.807, 2.05) is 27.7 Å². The molecular weight excluding hydrogens is 216 g/mol. The molecule has 0 heterocycles. The van der Waals surface area contributed by atoms with Gasteiger partial charge in [-0.3, -0.25) is 0 Å². The molecule has 0 N–H and O–H groups in total. The van der Waals surface area contributed by atoms with Gasteiger partial charge in [-0.25, -0.2) is 0 Å². The Hall–Kier alpha value is 0.439. The van der Waals surface area contributed by atoms with E-state index >= 15 is 0 Å². The van der Waals surface area contributed by atoms with Crippen LogP contribution in [0.25, 0.3) is 0 Å². The van der Waals surface area contributed by atoms with Crippen LogP contribution in [0.5, 0.6) is 0 Å². The molecule has 0 rings (SSSR count). The van der Waals surface area contributed by atoms with Gasteiger partial charge in [-0.2, -0.15) is 0 Å². The van der Waals surface area contributed by atoms with Crippen molar-refractivity contribution < 1.29 is 27.3 Å². The Morgan fingerprint density at radius 2 is 1.08 bits per heavy atom. The Labute approximate surface area is 93.2 Å². The van der Waals surface area contributed by atoms with Gasteiger partial charge in [0.05, 0.1) is 0 Å². The van der Waals surface area contributed by atoms with Gasteiger partial charge in [0.1, 0.15) is 0 Å². The van der Waals surface area contributed by atoms with Crippen molar-refractivity contribution in [3.63, 3.8) is 0 Å². The van der Waals surface area contributed by atoms with Gasteiger partial charge in [-0.05, 0) is 0 Å². The SMILES string of the molecule is CCC(C)C[O-].CCC(C)C[O-].[Cu+2]. The van der Waals surface area contributed by atoms with Crippen molar-refractivity contribution >= 4 is 0 Å². The average molecular weight is 238 g/mol. The van der Waals surface area contributed by atoms with Crippen LogP contribution in [0.1, 0.15) is 40.5 Å². The Bertz CT molecular complexity index is 61.3. The van der Waals surface area contributed by atoms with Gasteiger partial charge >= 0.3 is 17.1 Å². The molecule has 85 valence electrons. The molecule has 1 radical (unpaired) electrons. The first-order valence-electron chi connectivity index (χ1n) is 4.78. The van der Waals surface area contributed by atoms with E-state index in [0.29, 0.717) is 11.8 Å². The van der Waals surface area contributed by atoms with Crippen molar-refractivity contribution in [3.8, 4) is 0 Å². The molecule has 2 nitrogen and oxygen atoms in total. The first-order valence-corrected chi connectivity index (χ1v) is 4.78. The quantitative estimate of drug-likeness (QED) is 0.679. The van der Waals surface area contributed by atoms with Crippen LogP contribution in [0, 0.1) is 11.8 Å². The molecule has 0 spiro atoms. The third-order valence-corrected chi connectivity index (χ3v) is 1.96. The predicted molar refractivity (Wildman–Crippen MR) is 48.6 cm³/mol. The van der Waals surface area contributed by atoms with Crippen LogP contribution in [-0.2, 0) is 17.1 Å². The molecule has 3 heteroatoms. The van der Waals surface area contributed by atoms with E-state index < -0.39 is 0 Å². The largest absolute Gasteiger partial charge is 2.00 e. The van der Waals surface area contributed by atoms with E-state index in [9.17, 15) is 10.2 Å². The minimum absolute atomic E-state index is 0. The zero-order valence-electron chi connectivity index (χ0n) is 9.10. The van der Waals surface area contributed by atoms with Crippen LogP contribution in [0.2, 0.25) is 0 Å². The Balaban J connectivity index is -0.000000143. The molecule has 13 heavy (non-hydrogen) atoms. The molecule has 0 aliphatic heterocycles. The number of rotatable bonds is 4. The van der Waals surface area contributed by atoms with E-state index in [2.05, 4.69) is 0 Å². The third-order valence-electron chi connectivity index (χ3n) is 1.96. The molecule has 0 amide bonds. The molecule has 0 aliphatic rings. The fraction of sp³-hybridized carbons (Fsp3) is 1.00. The number of hydrogen-bond donors (Lipinski definition) is 0. The molecule has 0 saturated heterocycles. The van der Waals surface area contributed by atoms with Crippen LogP contribution < -0.4 is 10.2 Å². The summed E-state index contributed by atoms with van der Waals surface area (Å²) in [6, 6.07) is 0. The Morgan fingerprint density at radius 1 is 0.846 bits per heavy atom. The van der Waals surface area contributed by atoms with E-state index in [-0.39, 0.29) is 30.3 Å². The maximum absolute atomic E-state index is 9.86. The molecular formula is C10H22CuO2. The smallest absolute Gasteiger partial charge is 0.854 e. The maximum atomic E-state index is 9.86. The maximum Gasteiger partial charge on any atom is 2.00 e. The minimum Gasteiger partial charge on any atom is -0.854 e. The van der Waals surface area contributed by atoms with Gasteiger partial charge in [-0.15, -0.1) is 13.2 Å². The molecule has 2 unspecified atom stereocenters. The standard InChI is InChI=1S/2C5H11O.Cu/c2*1-3-5(2)4-6;/h2*5H,3-4H2,1-2H3;/q2*-1;+2. The monoisotopic (exact) mass is 237 g/mol. The normalized spacial score (nSPS) is 13.4. The van der Waals surface area contributed by atoms with Gasteiger partial charge in [0, 0.05) is 0 Å². The van der Waals surface area contributed by atoms with Crippen LogP contribution in [0.4, 0.5) is 0 Å². The molecule has 0 saturated carbocycles. The van der Waals surface area contributed by atoms with Crippen molar-refractivity contribution in [2.45, 2.75) is 40.5 Å². The third kappa shape index (κ3) is 19.0. The first kappa shape index (κ1) is 19.1. The zero-order chi connectivity index (χ0) is 9.98. The van der Waals surface area contributed by atoms with Gasteiger partial charge in [0.25, 0.3) is 0 Å². The summed E-state index contributed by atoms with van der Waals surface area (Å²) in [5.74, 6) is 0.759. The van der Waals surface area contributed by atoms with E-state index in [0.717, 1.165) is 12.8 Å². The van der Waals surface area contributed by atoms with Crippen LogP contribution in [-0.4, -0.2) is 13.2 Å². The van der Waals surface area contributed by atoms with Crippen LogP contribution in [0.15, 0.2) is 0 Å². The first-order chi connectivity index (χ1) is 5.62. The summed E-state index contributed by atoms with van der Waals surface area (Å²) in [6.45, 7) is 8.15. The second-order valence-corrected chi connectivity index (χ2v) is 3.36. The number of hydrogen-bond acceptors (Lipinski definition) is 2. The van der Waals surface area contributed by atoms with E-state index in [1.54, 1.807) is 0 Å². The summed E-state index contributed by atoms with van der Waals surface area (Å²) in [6.07, 6.45) is 2.03.